The van der Waals surface area contributed by atoms with E-state index in [4.69, 9.17) is 4.74 Å². The highest BCUT2D eigenvalue weighted by atomic mass is 35.5. The first-order chi connectivity index (χ1) is 6.29. The van der Waals surface area contributed by atoms with Crippen molar-refractivity contribution in [3.8, 4) is 5.75 Å². The van der Waals surface area contributed by atoms with Gasteiger partial charge in [-0.25, -0.2) is 0 Å². The van der Waals surface area contributed by atoms with Gasteiger partial charge in [0.25, 0.3) is 0 Å². The fourth-order valence-electron chi connectivity index (χ4n) is 1.51. The summed E-state index contributed by atoms with van der Waals surface area (Å²) in [6.07, 6.45) is 0. The third-order valence-corrected chi connectivity index (χ3v) is 3.26. The Bertz CT molecular complexity index is 298. The molecule has 2 nitrogen and oxygen atoms in total. The first-order valence-electron chi connectivity index (χ1n) is 4.73. The molecular formula is C10H16ClNOS. The number of fused-ring (bicyclic) bond motifs is 1. The third kappa shape index (κ3) is 2.22. The summed E-state index contributed by atoms with van der Waals surface area (Å²) in [6.45, 7) is 7.14. The second kappa shape index (κ2) is 5.01. The van der Waals surface area contributed by atoms with E-state index < -0.39 is 0 Å². The Balaban J connectivity index is 0.000000980. The molecule has 2 rings (SSSR count). The lowest BCUT2D eigenvalue weighted by atomic mass is 10.1. The van der Waals surface area contributed by atoms with E-state index in [-0.39, 0.29) is 12.4 Å². The van der Waals surface area contributed by atoms with Gasteiger partial charge in [-0.3, -0.25) is 0 Å². The molecule has 0 saturated heterocycles. The van der Waals surface area contributed by atoms with Gasteiger partial charge in [-0.2, -0.15) is 0 Å². The van der Waals surface area contributed by atoms with Gasteiger partial charge in [0, 0.05) is 18.7 Å². The van der Waals surface area contributed by atoms with Crippen LogP contribution in [-0.2, 0) is 6.54 Å². The molecule has 4 heteroatoms. The zero-order valence-electron chi connectivity index (χ0n) is 8.50. The van der Waals surface area contributed by atoms with Crippen molar-refractivity contribution in [1.82, 2.24) is 5.32 Å². The molecule has 0 bridgehead atoms. The van der Waals surface area contributed by atoms with E-state index in [0.717, 1.165) is 25.4 Å². The van der Waals surface area contributed by atoms with Crippen molar-refractivity contribution in [1.29, 1.82) is 0 Å². The maximum atomic E-state index is 5.73. The first-order valence-corrected chi connectivity index (χ1v) is 5.60. The van der Waals surface area contributed by atoms with Crippen LogP contribution in [0.25, 0.3) is 0 Å². The first kappa shape index (κ1) is 11.8. The van der Waals surface area contributed by atoms with Gasteiger partial charge in [0.15, 0.2) is 0 Å². The molecule has 0 aromatic carbocycles. The van der Waals surface area contributed by atoms with Crippen LogP contribution in [0.1, 0.15) is 30.2 Å². The Kier molecular flexibility index (Phi) is 4.23. The fourth-order valence-corrected chi connectivity index (χ4v) is 2.63. The van der Waals surface area contributed by atoms with Crippen molar-refractivity contribution >= 4 is 23.7 Å². The maximum absolute atomic E-state index is 5.73. The van der Waals surface area contributed by atoms with Crippen molar-refractivity contribution in [3.05, 3.63) is 15.8 Å². The normalized spacial score (nSPS) is 15.4. The highest BCUT2D eigenvalue weighted by Gasteiger charge is 2.17. The van der Waals surface area contributed by atoms with Crippen LogP contribution < -0.4 is 10.1 Å². The summed E-state index contributed by atoms with van der Waals surface area (Å²) in [4.78, 5) is 1.35. The van der Waals surface area contributed by atoms with Gasteiger partial charge in [0.05, 0.1) is 4.88 Å². The van der Waals surface area contributed by atoms with E-state index in [9.17, 15) is 0 Å². The number of halogens is 1. The second-order valence-electron chi connectivity index (χ2n) is 3.62. The van der Waals surface area contributed by atoms with Gasteiger partial charge in [0.2, 0.25) is 0 Å². The second-order valence-corrected chi connectivity index (χ2v) is 4.59. The molecule has 1 aliphatic heterocycles. The van der Waals surface area contributed by atoms with Crippen molar-refractivity contribution in [2.24, 2.45) is 0 Å². The Hall–Kier alpha value is -0.250. The summed E-state index contributed by atoms with van der Waals surface area (Å²) in [5.74, 6) is 1.71. The molecule has 0 radical (unpaired) electrons. The van der Waals surface area contributed by atoms with Crippen molar-refractivity contribution in [3.63, 3.8) is 0 Å². The minimum atomic E-state index is 0. The molecule has 1 aliphatic rings. The largest absolute Gasteiger partial charge is 0.491 e. The predicted molar refractivity (Wildman–Crippen MR) is 62.9 cm³/mol. The summed E-state index contributed by atoms with van der Waals surface area (Å²) in [5.41, 5.74) is 1.36. The van der Waals surface area contributed by atoms with Crippen LogP contribution in [0.4, 0.5) is 0 Å². The summed E-state index contributed by atoms with van der Waals surface area (Å²) < 4.78 is 5.73. The lowest BCUT2D eigenvalue weighted by Crippen LogP contribution is -2.16. The predicted octanol–water partition coefficient (Wildman–Crippen LogP) is 2.78. The number of hydrogen-bond donors (Lipinski definition) is 1. The Labute approximate surface area is 95.1 Å². The molecule has 0 fully saturated rings. The minimum absolute atomic E-state index is 0. The van der Waals surface area contributed by atoms with Crippen molar-refractivity contribution in [2.45, 2.75) is 26.3 Å². The molecule has 2 heterocycles. The average molecular weight is 234 g/mol. The van der Waals surface area contributed by atoms with Gasteiger partial charge in [-0.05, 0) is 11.3 Å². The number of ether oxygens (including phenoxy) is 1. The number of hydrogen-bond acceptors (Lipinski definition) is 3. The Morgan fingerprint density at radius 2 is 2.29 bits per heavy atom. The quantitative estimate of drug-likeness (QED) is 0.806. The molecular weight excluding hydrogens is 218 g/mol. The Morgan fingerprint density at radius 3 is 3.00 bits per heavy atom. The van der Waals surface area contributed by atoms with E-state index in [1.807, 2.05) is 0 Å². The van der Waals surface area contributed by atoms with Crippen LogP contribution in [-0.4, -0.2) is 13.2 Å². The van der Waals surface area contributed by atoms with Crippen LogP contribution >= 0.6 is 23.7 Å². The molecule has 80 valence electrons. The Morgan fingerprint density at radius 1 is 1.50 bits per heavy atom. The average Bonchev–Trinajstić information content (AvgIpc) is 2.36. The lowest BCUT2D eigenvalue weighted by molar-refractivity contribution is 0.322. The SMILES string of the molecule is CC(C)c1csc2c1OCCNC2.Cl. The standard InChI is InChI=1S/C10H15NOS.ClH/c1-7(2)8-6-13-9-5-11-3-4-12-10(8)9;/h6-7,11H,3-5H2,1-2H3;1H. The molecule has 1 aromatic rings. The van der Waals surface area contributed by atoms with E-state index >= 15 is 0 Å². The van der Waals surface area contributed by atoms with E-state index in [1.54, 1.807) is 11.3 Å². The van der Waals surface area contributed by atoms with E-state index in [2.05, 4.69) is 24.5 Å². The zero-order chi connectivity index (χ0) is 9.26. The molecule has 14 heavy (non-hydrogen) atoms. The third-order valence-electron chi connectivity index (χ3n) is 2.28. The number of rotatable bonds is 1. The van der Waals surface area contributed by atoms with E-state index in [0.29, 0.717) is 5.92 Å². The number of thiophene rings is 1. The van der Waals surface area contributed by atoms with Gasteiger partial charge in [-0.1, -0.05) is 13.8 Å². The minimum Gasteiger partial charge on any atom is -0.491 e. The van der Waals surface area contributed by atoms with Crippen molar-refractivity contribution in [2.75, 3.05) is 13.2 Å². The molecule has 1 aromatic heterocycles. The van der Waals surface area contributed by atoms with Gasteiger partial charge in [-0.15, -0.1) is 23.7 Å². The van der Waals surface area contributed by atoms with Gasteiger partial charge in [0.1, 0.15) is 12.4 Å². The highest BCUT2D eigenvalue weighted by molar-refractivity contribution is 7.10. The van der Waals surface area contributed by atoms with Gasteiger partial charge < -0.3 is 10.1 Å². The van der Waals surface area contributed by atoms with E-state index in [1.165, 1.54) is 10.4 Å². The zero-order valence-corrected chi connectivity index (χ0v) is 10.1. The molecule has 0 atom stereocenters. The monoisotopic (exact) mass is 233 g/mol. The summed E-state index contributed by atoms with van der Waals surface area (Å²) in [7, 11) is 0. The maximum Gasteiger partial charge on any atom is 0.137 e. The van der Waals surface area contributed by atoms with Gasteiger partial charge >= 0.3 is 0 Å². The fraction of sp³-hybridized carbons (Fsp3) is 0.600. The lowest BCUT2D eigenvalue weighted by Gasteiger charge is -2.08. The summed E-state index contributed by atoms with van der Waals surface area (Å²) in [5, 5.41) is 5.57. The molecule has 0 amide bonds. The van der Waals surface area contributed by atoms with Crippen LogP contribution in [0.5, 0.6) is 5.75 Å². The molecule has 0 unspecified atom stereocenters. The molecule has 0 spiro atoms. The molecule has 0 saturated carbocycles. The smallest absolute Gasteiger partial charge is 0.137 e. The van der Waals surface area contributed by atoms with Crippen LogP contribution in [0, 0.1) is 0 Å². The highest BCUT2D eigenvalue weighted by Crippen LogP contribution is 2.36. The summed E-state index contributed by atoms with van der Waals surface area (Å²) in [6, 6.07) is 0. The van der Waals surface area contributed by atoms with Crippen LogP contribution in [0.15, 0.2) is 5.38 Å². The van der Waals surface area contributed by atoms with Crippen LogP contribution in [0.3, 0.4) is 0 Å². The number of nitrogens with one attached hydrogen (secondary N) is 1. The van der Waals surface area contributed by atoms with Crippen LogP contribution in [0.2, 0.25) is 0 Å². The topological polar surface area (TPSA) is 21.3 Å². The summed E-state index contributed by atoms with van der Waals surface area (Å²) >= 11 is 1.81. The molecule has 1 N–H and O–H groups in total. The molecule has 0 aliphatic carbocycles. The van der Waals surface area contributed by atoms with Crippen molar-refractivity contribution < 1.29 is 4.74 Å².